The summed E-state index contributed by atoms with van der Waals surface area (Å²) in [6.45, 7) is 0.397. The number of nitrogens with one attached hydrogen (secondary N) is 2. The molecule has 0 bridgehead atoms. The average molecular weight is 324 g/mol. The van der Waals surface area contributed by atoms with Crippen molar-refractivity contribution in [3.8, 4) is 0 Å². The molecule has 1 amide bonds. The third-order valence-corrected chi connectivity index (χ3v) is 4.63. The van der Waals surface area contributed by atoms with Crippen molar-refractivity contribution in [3.05, 3.63) is 69.8 Å². The van der Waals surface area contributed by atoms with Crippen LogP contribution < -0.4 is 11.0 Å². The number of hydrogen-bond acceptors (Lipinski definition) is 4. The predicted octanol–water partition coefficient (Wildman–Crippen LogP) is 2.17. The molecule has 4 heterocycles. The van der Waals surface area contributed by atoms with Gasteiger partial charge in [-0.25, -0.2) is 4.79 Å². The van der Waals surface area contributed by atoms with Gasteiger partial charge in [-0.05, 0) is 36.4 Å². The number of thiophene rings is 1. The number of nitrogens with zero attached hydrogens (tertiary/aromatic N) is 2. The van der Waals surface area contributed by atoms with Crippen LogP contribution in [0, 0.1) is 0 Å². The summed E-state index contributed by atoms with van der Waals surface area (Å²) in [7, 11) is 0. The van der Waals surface area contributed by atoms with Crippen LogP contribution in [-0.4, -0.2) is 20.3 Å². The van der Waals surface area contributed by atoms with Crippen LogP contribution in [0.15, 0.2) is 53.6 Å². The van der Waals surface area contributed by atoms with Gasteiger partial charge in [-0.15, -0.1) is 11.3 Å². The van der Waals surface area contributed by atoms with E-state index >= 15 is 0 Å². The molecule has 0 aliphatic rings. The standard InChI is InChI=1S/C16H12N4O2S/c21-15(13-7-10-3-2-6-20(10)16(22)19-13)18-9-11-8-12-14(23-11)4-1-5-17-12/h1-8H,9H2,(H,18,21)(H,19,22). The number of pyridine rings is 1. The zero-order valence-electron chi connectivity index (χ0n) is 11.9. The van der Waals surface area contributed by atoms with Gasteiger partial charge >= 0.3 is 5.69 Å². The lowest BCUT2D eigenvalue weighted by molar-refractivity contribution is 0.0946. The van der Waals surface area contributed by atoms with Crippen molar-refractivity contribution in [2.24, 2.45) is 0 Å². The molecule has 0 fully saturated rings. The highest BCUT2D eigenvalue weighted by molar-refractivity contribution is 7.19. The third-order valence-electron chi connectivity index (χ3n) is 3.54. The predicted molar refractivity (Wildman–Crippen MR) is 88.8 cm³/mol. The Bertz CT molecular complexity index is 1040. The second-order valence-corrected chi connectivity index (χ2v) is 6.24. The molecule has 4 rings (SSSR count). The Morgan fingerprint density at radius 2 is 2.22 bits per heavy atom. The maximum Gasteiger partial charge on any atom is 0.330 e. The van der Waals surface area contributed by atoms with E-state index in [4.69, 9.17) is 0 Å². The number of aromatic amines is 1. The van der Waals surface area contributed by atoms with Crippen LogP contribution in [0.5, 0.6) is 0 Å². The van der Waals surface area contributed by atoms with Crippen LogP contribution in [0.3, 0.4) is 0 Å². The Morgan fingerprint density at radius 3 is 3.09 bits per heavy atom. The van der Waals surface area contributed by atoms with Crippen LogP contribution in [0.4, 0.5) is 0 Å². The maximum absolute atomic E-state index is 12.2. The van der Waals surface area contributed by atoms with E-state index in [-0.39, 0.29) is 17.3 Å². The highest BCUT2D eigenvalue weighted by Crippen LogP contribution is 2.23. The zero-order valence-corrected chi connectivity index (χ0v) is 12.8. The summed E-state index contributed by atoms with van der Waals surface area (Å²) in [5.41, 5.74) is 1.53. The second kappa shape index (κ2) is 5.36. The summed E-state index contributed by atoms with van der Waals surface area (Å²) in [6.07, 6.45) is 3.40. The van der Waals surface area contributed by atoms with Crippen LogP contribution in [0.25, 0.3) is 15.7 Å². The number of hydrogen-bond donors (Lipinski definition) is 2. The molecular weight excluding hydrogens is 312 g/mol. The first kappa shape index (κ1) is 13.7. The van der Waals surface area contributed by atoms with E-state index in [0.29, 0.717) is 12.1 Å². The Hall–Kier alpha value is -2.93. The fourth-order valence-corrected chi connectivity index (χ4v) is 3.41. The van der Waals surface area contributed by atoms with E-state index in [0.717, 1.165) is 15.1 Å². The lowest BCUT2D eigenvalue weighted by atomic mass is 10.3. The Morgan fingerprint density at radius 1 is 1.30 bits per heavy atom. The zero-order chi connectivity index (χ0) is 15.8. The van der Waals surface area contributed by atoms with Gasteiger partial charge in [0.05, 0.1) is 22.3 Å². The number of fused-ring (bicyclic) bond motifs is 2. The molecule has 0 aliphatic heterocycles. The molecule has 114 valence electrons. The number of carbonyl (C=O) groups is 1. The normalized spacial score (nSPS) is 11.1. The summed E-state index contributed by atoms with van der Waals surface area (Å²) in [5.74, 6) is -0.309. The van der Waals surface area contributed by atoms with E-state index in [2.05, 4.69) is 15.3 Å². The highest BCUT2D eigenvalue weighted by atomic mass is 32.1. The van der Waals surface area contributed by atoms with Gasteiger partial charge in [0.15, 0.2) is 0 Å². The molecule has 0 atom stereocenters. The molecule has 0 aromatic carbocycles. The largest absolute Gasteiger partial charge is 0.346 e. The van der Waals surface area contributed by atoms with Gasteiger partial charge in [0.25, 0.3) is 5.91 Å². The third kappa shape index (κ3) is 2.51. The Labute approximate surface area is 134 Å². The Balaban J connectivity index is 1.55. The van der Waals surface area contributed by atoms with Crippen molar-refractivity contribution in [1.29, 1.82) is 0 Å². The first-order valence-electron chi connectivity index (χ1n) is 7.03. The summed E-state index contributed by atoms with van der Waals surface area (Å²) in [5, 5.41) is 2.82. The van der Waals surface area contributed by atoms with Crippen molar-refractivity contribution in [2.75, 3.05) is 0 Å². The average Bonchev–Trinajstić information content (AvgIpc) is 3.18. The topological polar surface area (TPSA) is 79.3 Å². The molecular formula is C16H12N4O2S. The van der Waals surface area contributed by atoms with E-state index in [1.165, 1.54) is 4.40 Å². The minimum absolute atomic E-state index is 0.250. The summed E-state index contributed by atoms with van der Waals surface area (Å²) >= 11 is 1.59. The van der Waals surface area contributed by atoms with Crippen molar-refractivity contribution < 1.29 is 4.79 Å². The first-order valence-corrected chi connectivity index (χ1v) is 7.84. The fraction of sp³-hybridized carbons (Fsp3) is 0.0625. The molecule has 2 N–H and O–H groups in total. The molecule has 7 heteroatoms. The lowest BCUT2D eigenvalue weighted by Gasteiger charge is -2.04. The monoisotopic (exact) mass is 324 g/mol. The van der Waals surface area contributed by atoms with Crippen LogP contribution >= 0.6 is 11.3 Å². The van der Waals surface area contributed by atoms with Crippen LogP contribution in [0.1, 0.15) is 15.4 Å². The van der Waals surface area contributed by atoms with Gasteiger partial charge in [-0.2, -0.15) is 0 Å². The minimum Gasteiger partial charge on any atom is -0.346 e. The van der Waals surface area contributed by atoms with Gasteiger partial charge in [-0.3, -0.25) is 14.2 Å². The van der Waals surface area contributed by atoms with Crippen molar-refractivity contribution in [3.63, 3.8) is 0 Å². The van der Waals surface area contributed by atoms with Gasteiger partial charge in [0, 0.05) is 17.3 Å². The molecule has 0 radical (unpaired) electrons. The van der Waals surface area contributed by atoms with E-state index in [1.54, 1.807) is 41.9 Å². The van der Waals surface area contributed by atoms with Gasteiger partial charge in [-0.1, -0.05) is 0 Å². The van der Waals surface area contributed by atoms with Crippen LogP contribution in [-0.2, 0) is 6.54 Å². The maximum atomic E-state index is 12.2. The van der Waals surface area contributed by atoms with Gasteiger partial charge < -0.3 is 10.3 Å². The van der Waals surface area contributed by atoms with Crippen LogP contribution in [0.2, 0.25) is 0 Å². The summed E-state index contributed by atoms with van der Waals surface area (Å²) in [6, 6.07) is 11.0. The van der Waals surface area contributed by atoms with E-state index in [9.17, 15) is 9.59 Å². The smallest absolute Gasteiger partial charge is 0.330 e. The SMILES string of the molecule is O=C(NCc1cc2ncccc2s1)c1cc2cccn2c(=O)[nH]1. The molecule has 6 nitrogen and oxygen atoms in total. The molecule has 4 aromatic heterocycles. The quantitative estimate of drug-likeness (QED) is 0.606. The lowest BCUT2D eigenvalue weighted by Crippen LogP contribution is -2.27. The molecule has 23 heavy (non-hydrogen) atoms. The molecule has 4 aromatic rings. The van der Waals surface area contributed by atoms with Crippen molar-refractivity contribution >= 4 is 33.0 Å². The summed E-state index contributed by atoms with van der Waals surface area (Å²) < 4.78 is 2.54. The van der Waals surface area contributed by atoms with Crippen molar-refractivity contribution in [1.82, 2.24) is 19.7 Å². The Kier molecular flexibility index (Phi) is 3.20. The van der Waals surface area contributed by atoms with E-state index in [1.807, 2.05) is 18.2 Å². The minimum atomic E-state index is -0.330. The highest BCUT2D eigenvalue weighted by Gasteiger charge is 2.10. The number of rotatable bonds is 3. The first-order chi connectivity index (χ1) is 11.2. The van der Waals surface area contributed by atoms with Gasteiger partial charge in [0.1, 0.15) is 5.69 Å². The van der Waals surface area contributed by atoms with Gasteiger partial charge in [0.2, 0.25) is 0 Å². The second-order valence-electron chi connectivity index (χ2n) is 5.07. The molecule has 0 saturated heterocycles. The van der Waals surface area contributed by atoms with E-state index < -0.39 is 0 Å². The summed E-state index contributed by atoms with van der Waals surface area (Å²) in [4.78, 5) is 32.0. The number of aromatic nitrogens is 3. The molecule has 0 saturated carbocycles. The van der Waals surface area contributed by atoms with Crippen molar-refractivity contribution in [2.45, 2.75) is 6.54 Å². The number of H-pyrrole nitrogens is 1. The fourth-order valence-electron chi connectivity index (χ4n) is 2.45. The number of amides is 1. The molecule has 0 unspecified atom stereocenters. The molecule has 0 spiro atoms. The molecule has 0 aliphatic carbocycles. The number of carbonyl (C=O) groups excluding carboxylic acids is 1.